The fraction of sp³-hybridized carbons (Fsp3) is 0.736. The fourth-order valence-electron chi connectivity index (χ4n) is 13.1. The van der Waals surface area contributed by atoms with E-state index in [9.17, 15) is 61.0 Å². The van der Waals surface area contributed by atoms with E-state index in [1.807, 2.05) is 6.08 Å². The van der Waals surface area contributed by atoms with Crippen molar-refractivity contribution < 1.29 is 89.4 Å². The van der Waals surface area contributed by atoms with Crippen molar-refractivity contribution >= 4 is 5.91 Å². The van der Waals surface area contributed by atoms with E-state index in [2.05, 4.69) is 141 Å². The smallest absolute Gasteiger partial charge is 0.220 e. The van der Waals surface area contributed by atoms with Crippen molar-refractivity contribution in [2.45, 2.75) is 381 Å². The molecule has 0 radical (unpaired) electrons. The molecule has 19 nitrogen and oxygen atoms in total. The summed E-state index contributed by atoms with van der Waals surface area (Å²) in [5, 5.41) is 121. The average Bonchev–Trinajstić information content (AvgIpc) is 0.780. The van der Waals surface area contributed by atoms with E-state index >= 15 is 0 Å². The minimum atomic E-state index is -1.99. The number of amides is 1. The molecule has 0 aromatic rings. The van der Waals surface area contributed by atoms with E-state index in [1.165, 1.54) is 122 Å². The van der Waals surface area contributed by atoms with Crippen LogP contribution in [0.25, 0.3) is 0 Å². The van der Waals surface area contributed by atoms with Gasteiger partial charge in [0.05, 0.1) is 38.6 Å². The standard InChI is InChI=1S/C87H147NO18/c1-3-5-7-9-11-13-15-17-19-21-23-25-27-29-30-31-32-33-34-35-36-37-38-39-40-41-43-45-47-49-51-53-55-57-59-61-63-65-75(93)88-70(71(92)64-62-60-58-56-54-52-50-48-46-44-42-28-26-24-22-20-18-16-14-12-10-8-6-4-2)69-101-85-81(99)78(96)83(73(67-90)103-85)106-87-82(100)79(97)84(74(68-91)104-87)105-86-80(98)77(95)76(94)72(66-89)102-86/h5,7,11,13,17,19,23,25,29-30,32-33,35-36,38-39,41,43,47,49,62,64,70-74,76-87,89-92,94-100H,3-4,6,8-10,12,14-16,18,20-22,24,26-28,31,34,37,40,42,44-46,48,50-61,63,65-69H2,1-2H3,(H,88,93)/b7-5-,13-11-,19-17-,25-23-,30-29-,33-32-,36-35-,39-38-,43-41-,49-47-,64-62+. The zero-order valence-electron chi connectivity index (χ0n) is 65.1. The third-order valence-corrected chi connectivity index (χ3v) is 19.7. The molecule has 0 aromatic carbocycles. The van der Waals surface area contributed by atoms with Gasteiger partial charge in [-0.05, 0) is 96.3 Å². The number of hydrogen-bond acceptors (Lipinski definition) is 18. The van der Waals surface area contributed by atoms with Crippen molar-refractivity contribution in [1.82, 2.24) is 5.32 Å². The second-order valence-electron chi connectivity index (χ2n) is 28.9. The molecule has 17 unspecified atom stereocenters. The summed E-state index contributed by atoms with van der Waals surface area (Å²) in [5.74, 6) is -0.293. The topological polar surface area (TPSA) is 307 Å². The number of allylic oxidation sites excluding steroid dienone is 21. The van der Waals surface area contributed by atoms with Crippen LogP contribution in [-0.2, 0) is 33.2 Å². The number of unbranched alkanes of at least 4 members (excludes halogenated alkanes) is 28. The van der Waals surface area contributed by atoms with Gasteiger partial charge in [0.25, 0.3) is 0 Å². The molecule has 0 aromatic heterocycles. The number of carbonyl (C=O) groups excluding carboxylic acids is 1. The maximum absolute atomic E-state index is 13.5. The molecule has 0 spiro atoms. The molecule has 12 N–H and O–H groups in total. The Kier molecular flexibility index (Phi) is 59.5. The monoisotopic (exact) mass is 1490 g/mol. The Morgan fingerprint density at radius 1 is 0.349 bits per heavy atom. The third-order valence-electron chi connectivity index (χ3n) is 19.7. The number of ether oxygens (including phenoxy) is 6. The summed E-state index contributed by atoms with van der Waals surface area (Å²) in [6.07, 6.45) is 67.1. The Balaban J connectivity index is 1.38. The van der Waals surface area contributed by atoms with Crippen molar-refractivity contribution in [3.8, 4) is 0 Å². The van der Waals surface area contributed by atoms with Gasteiger partial charge in [-0.2, -0.15) is 0 Å². The highest BCUT2D eigenvalue weighted by Crippen LogP contribution is 2.33. The maximum Gasteiger partial charge on any atom is 0.220 e. The first-order chi connectivity index (χ1) is 51.8. The summed E-state index contributed by atoms with van der Waals surface area (Å²) in [5.41, 5.74) is 0. The minimum absolute atomic E-state index is 0.218. The van der Waals surface area contributed by atoms with Crippen LogP contribution in [0.3, 0.4) is 0 Å². The lowest BCUT2D eigenvalue weighted by Gasteiger charge is -2.48. The second-order valence-corrected chi connectivity index (χ2v) is 28.9. The Labute approximate surface area is 639 Å². The Bertz CT molecular complexity index is 2440. The molecule has 17 atom stereocenters. The van der Waals surface area contributed by atoms with Crippen molar-refractivity contribution in [3.05, 3.63) is 134 Å². The number of aliphatic hydroxyl groups excluding tert-OH is 11. The summed E-state index contributed by atoms with van der Waals surface area (Å²) >= 11 is 0. The molecule has 3 saturated heterocycles. The van der Waals surface area contributed by atoms with Gasteiger partial charge in [-0.3, -0.25) is 4.79 Å². The maximum atomic E-state index is 13.5. The van der Waals surface area contributed by atoms with Crippen LogP contribution in [0, 0.1) is 0 Å². The highest BCUT2D eigenvalue weighted by Gasteiger charge is 2.54. The summed E-state index contributed by atoms with van der Waals surface area (Å²) in [7, 11) is 0. The Morgan fingerprint density at radius 3 is 1.02 bits per heavy atom. The van der Waals surface area contributed by atoms with Crippen molar-refractivity contribution in [2.75, 3.05) is 26.4 Å². The van der Waals surface area contributed by atoms with Gasteiger partial charge in [-0.25, -0.2) is 0 Å². The first kappa shape index (κ1) is 96.1. The van der Waals surface area contributed by atoms with E-state index in [4.69, 9.17) is 28.4 Å². The zero-order chi connectivity index (χ0) is 76.7. The minimum Gasteiger partial charge on any atom is -0.394 e. The predicted octanol–water partition coefficient (Wildman–Crippen LogP) is 14.4. The highest BCUT2D eigenvalue weighted by molar-refractivity contribution is 5.76. The van der Waals surface area contributed by atoms with E-state index in [-0.39, 0.29) is 18.9 Å². The molecule has 608 valence electrons. The lowest BCUT2D eigenvalue weighted by Crippen LogP contribution is -2.66. The number of rotatable bonds is 64. The molecular formula is C87H147NO18. The fourth-order valence-corrected chi connectivity index (χ4v) is 13.1. The number of nitrogens with one attached hydrogen (secondary N) is 1. The van der Waals surface area contributed by atoms with Crippen LogP contribution in [-0.4, -0.2) is 193 Å². The van der Waals surface area contributed by atoms with Crippen molar-refractivity contribution in [2.24, 2.45) is 0 Å². The third kappa shape index (κ3) is 44.7. The molecule has 3 aliphatic heterocycles. The van der Waals surface area contributed by atoms with Gasteiger partial charge < -0.3 is 89.9 Å². The van der Waals surface area contributed by atoms with E-state index in [1.54, 1.807) is 6.08 Å². The average molecular weight is 1500 g/mol. The first-order valence-electron chi connectivity index (χ1n) is 41.4. The summed E-state index contributed by atoms with van der Waals surface area (Å²) in [6, 6.07) is -0.993. The SMILES string of the molecule is CC/C=C\C/C=C\C/C=C\C/C=C\C/C=C\C/C=C\C/C=C\C/C=C\C/C=C\C/C=C\CCCCCCCCC(=O)NC(COC1OC(CO)C(OC2OC(CO)C(OC3OC(CO)C(O)C(O)C3O)C(O)C2O)C(O)C1O)C(O)/C=C/CCCCCCCCCCCCCCCCCCCCCCCC. The van der Waals surface area contributed by atoms with E-state index in [0.717, 1.165) is 128 Å². The van der Waals surface area contributed by atoms with Gasteiger partial charge in [0.1, 0.15) is 73.2 Å². The first-order valence-corrected chi connectivity index (χ1v) is 41.4. The number of carbonyl (C=O) groups is 1. The molecule has 19 heteroatoms. The largest absolute Gasteiger partial charge is 0.394 e. The zero-order valence-corrected chi connectivity index (χ0v) is 65.1. The van der Waals surface area contributed by atoms with Crippen LogP contribution < -0.4 is 5.32 Å². The van der Waals surface area contributed by atoms with Crippen LogP contribution in [0.15, 0.2) is 134 Å². The van der Waals surface area contributed by atoms with E-state index in [0.29, 0.717) is 6.42 Å². The van der Waals surface area contributed by atoms with Crippen molar-refractivity contribution in [3.63, 3.8) is 0 Å². The summed E-state index contributed by atoms with van der Waals surface area (Å²) in [4.78, 5) is 13.5. The molecule has 0 bridgehead atoms. The van der Waals surface area contributed by atoms with Crippen LogP contribution >= 0.6 is 0 Å². The van der Waals surface area contributed by atoms with Crippen LogP contribution in [0.2, 0.25) is 0 Å². The summed E-state index contributed by atoms with van der Waals surface area (Å²) < 4.78 is 34.5. The summed E-state index contributed by atoms with van der Waals surface area (Å²) in [6.45, 7) is 1.62. The van der Waals surface area contributed by atoms with Crippen LogP contribution in [0.5, 0.6) is 0 Å². The van der Waals surface area contributed by atoms with Gasteiger partial charge in [0.2, 0.25) is 5.91 Å². The molecule has 0 saturated carbocycles. The van der Waals surface area contributed by atoms with Gasteiger partial charge in [0.15, 0.2) is 18.9 Å². The normalized spacial score (nSPS) is 26.4. The molecule has 106 heavy (non-hydrogen) atoms. The predicted molar refractivity (Wildman–Crippen MR) is 424 cm³/mol. The lowest BCUT2D eigenvalue weighted by atomic mass is 9.96. The molecular weight excluding hydrogens is 1350 g/mol. The molecule has 3 fully saturated rings. The lowest BCUT2D eigenvalue weighted by molar-refractivity contribution is -0.379. The molecule has 3 rings (SSSR count). The van der Waals surface area contributed by atoms with E-state index < -0.39 is 124 Å². The van der Waals surface area contributed by atoms with Gasteiger partial charge in [-0.1, -0.05) is 308 Å². The Hall–Kier alpha value is -4.07. The Morgan fingerprint density at radius 2 is 0.651 bits per heavy atom. The number of aliphatic hydroxyl groups is 11. The van der Waals surface area contributed by atoms with Gasteiger partial charge >= 0.3 is 0 Å². The van der Waals surface area contributed by atoms with Crippen LogP contribution in [0.1, 0.15) is 277 Å². The van der Waals surface area contributed by atoms with Gasteiger partial charge in [0, 0.05) is 6.42 Å². The van der Waals surface area contributed by atoms with Crippen LogP contribution in [0.4, 0.5) is 0 Å². The molecule has 1 amide bonds. The van der Waals surface area contributed by atoms with Gasteiger partial charge in [-0.15, -0.1) is 0 Å². The quantitative estimate of drug-likeness (QED) is 0.0199. The molecule has 3 heterocycles. The highest BCUT2D eigenvalue weighted by atomic mass is 16.8. The molecule has 0 aliphatic carbocycles. The van der Waals surface area contributed by atoms with Crippen molar-refractivity contribution in [1.29, 1.82) is 0 Å². The molecule has 3 aliphatic rings. The second kappa shape index (κ2) is 65.6. The number of hydrogen-bond donors (Lipinski definition) is 12.